The summed E-state index contributed by atoms with van der Waals surface area (Å²) >= 11 is 0. The summed E-state index contributed by atoms with van der Waals surface area (Å²) in [5.74, 6) is 0.747. The van der Waals surface area contributed by atoms with Gasteiger partial charge in [-0.3, -0.25) is 0 Å². The van der Waals surface area contributed by atoms with Crippen LogP contribution < -0.4 is 34.0 Å². The van der Waals surface area contributed by atoms with Crippen LogP contribution in [0.5, 0.6) is 0 Å². The number of benzene rings is 1. The van der Waals surface area contributed by atoms with Crippen LogP contribution in [-0.2, 0) is 28.1 Å². The Morgan fingerprint density at radius 3 is 2.31 bits per heavy atom. The van der Waals surface area contributed by atoms with Crippen LogP contribution in [0.4, 0.5) is 0 Å². The molecule has 0 saturated heterocycles. The van der Waals surface area contributed by atoms with Crippen molar-refractivity contribution in [2.75, 3.05) is 0 Å². The van der Waals surface area contributed by atoms with Crippen LogP contribution in [0.3, 0.4) is 0 Å². The van der Waals surface area contributed by atoms with E-state index in [1.807, 2.05) is 0 Å². The minimum Gasteiger partial charge on any atom is -1.00 e. The van der Waals surface area contributed by atoms with Crippen molar-refractivity contribution in [2.24, 2.45) is 5.92 Å². The van der Waals surface area contributed by atoms with E-state index in [9.17, 15) is 0 Å². The molecule has 2 aromatic carbocycles. The average molecular weight is 379 g/mol. The zero-order valence-electron chi connectivity index (χ0n) is 9.50. The van der Waals surface area contributed by atoms with E-state index in [2.05, 4.69) is 50.2 Å². The van der Waals surface area contributed by atoms with Crippen LogP contribution in [0.1, 0.15) is 19.4 Å². The van der Waals surface area contributed by atoms with Crippen LogP contribution in [0.25, 0.3) is 10.8 Å². The third kappa shape index (κ3) is 4.79. The van der Waals surface area contributed by atoms with Gasteiger partial charge in [0.2, 0.25) is 0 Å². The second-order valence-electron chi connectivity index (χ2n) is 4.09. The summed E-state index contributed by atoms with van der Waals surface area (Å²) in [5.41, 5.74) is 1.47. The van der Waals surface area contributed by atoms with Crippen LogP contribution in [0, 0.1) is 5.92 Å². The fourth-order valence-corrected chi connectivity index (χ4v) is 1.80. The number of fused-ring (bicyclic) bond motifs is 1. The van der Waals surface area contributed by atoms with Gasteiger partial charge in [-0.15, -0.1) is 40.6 Å². The summed E-state index contributed by atoms with van der Waals surface area (Å²) in [6.07, 6.45) is 1.19. The van der Waals surface area contributed by atoms with Gasteiger partial charge in [-0.1, -0.05) is 19.9 Å². The average Bonchev–Trinajstić information content (AvgIpc) is 2.44. The minimum absolute atomic E-state index is 0. The maximum Gasteiger partial charge on any atom is 3.00 e. The largest absolute Gasteiger partial charge is 3.00 e. The molecule has 2 rings (SSSR count). The predicted molar refractivity (Wildman–Crippen MR) is 58.1 cm³/mol. The zero-order chi connectivity index (χ0) is 9.26. The molecule has 0 N–H and O–H groups in total. The molecular weight excluding hydrogens is 364 g/mol. The molecule has 0 amide bonds. The van der Waals surface area contributed by atoms with Gasteiger partial charge in [0.25, 0.3) is 0 Å². The smallest absolute Gasteiger partial charge is 1.00 e. The number of hydrogen-bond donors (Lipinski definition) is 0. The fraction of sp³-hybridized carbons (Fsp3) is 0.308. The van der Waals surface area contributed by atoms with Crippen molar-refractivity contribution in [1.82, 2.24) is 0 Å². The van der Waals surface area contributed by atoms with Gasteiger partial charge in [0.1, 0.15) is 0 Å². The summed E-state index contributed by atoms with van der Waals surface area (Å²) in [4.78, 5) is 0. The molecule has 1 radical (unpaired) electrons. The molecule has 85 valence electrons. The molecule has 3 heteroatoms. The topological polar surface area (TPSA) is 0 Å². The van der Waals surface area contributed by atoms with Crippen molar-refractivity contribution >= 4 is 10.8 Å². The van der Waals surface area contributed by atoms with E-state index in [0.717, 1.165) is 5.92 Å². The fourth-order valence-electron chi connectivity index (χ4n) is 1.80. The van der Waals surface area contributed by atoms with Crippen LogP contribution >= 0.6 is 0 Å². The van der Waals surface area contributed by atoms with Crippen LogP contribution in [-0.4, -0.2) is 0 Å². The minimum atomic E-state index is 0. The molecule has 0 aliphatic heterocycles. The number of halogens is 2. The Labute approximate surface area is 134 Å². The van der Waals surface area contributed by atoms with Crippen molar-refractivity contribution in [3.63, 3.8) is 0 Å². The molecule has 0 heterocycles. The Morgan fingerprint density at radius 2 is 1.75 bits per heavy atom. The van der Waals surface area contributed by atoms with Gasteiger partial charge < -0.3 is 34.0 Å². The third-order valence-electron chi connectivity index (χ3n) is 2.32. The molecule has 0 spiro atoms. The maximum atomic E-state index is 2.30. The molecule has 0 aromatic heterocycles. The quantitative estimate of drug-likeness (QED) is 0.410. The van der Waals surface area contributed by atoms with Gasteiger partial charge in [-0.05, 0) is 12.3 Å². The molecule has 0 nitrogen and oxygen atoms in total. The van der Waals surface area contributed by atoms with Gasteiger partial charge in [-0.25, -0.2) is 0 Å². The summed E-state index contributed by atoms with van der Waals surface area (Å²) in [6, 6.07) is 13.2. The van der Waals surface area contributed by atoms with Crippen molar-refractivity contribution in [2.45, 2.75) is 20.3 Å². The first-order valence-corrected chi connectivity index (χ1v) is 4.90. The van der Waals surface area contributed by atoms with Gasteiger partial charge in [0, 0.05) is 0 Å². The molecule has 16 heavy (non-hydrogen) atoms. The predicted octanol–water partition coefficient (Wildman–Crippen LogP) is -2.24. The van der Waals surface area contributed by atoms with Crippen LogP contribution in [0.15, 0.2) is 36.4 Å². The second kappa shape index (κ2) is 8.57. The van der Waals surface area contributed by atoms with Crippen molar-refractivity contribution in [1.29, 1.82) is 0 Å². The Hall–Kier alpha value is 0.504. The van der Waals surface area contributed by atoms with E-state index in [1.165, 1.54) is 22.8 Å². The zero-order valence-corrected chi connectivity index (χ0v) is 14.2. The van der Waals surface area contributed by atoms with E-state index < -0.39 is 0 Å². The Kier molecular flexibility index (Phi) is 10.1. The molecule has 0 aliphatic carbocycles. The molecule has 0 atom stereocenters. The Balaban J connectivity index is 0. The molecule has 2 aromatic rings. The number of rotatable bonds is 2. The first-order chi connectivity index (χ1) is 6.25. The van der Waals surface area contributed by atoms with Gasteiger partial charge in [-0.2, -0.15) is 6.07 Å². The van der Waals surface area contributed by atoms with E-state index >= 15 is 0 Å². The first-order valence-electron chi connectivity index (χ1n) is 4.90. The number of hydrogen-bond acceptors (Lipinski definition) is 0. The molecule has 0 fully saturated rings. The Bertz CT molecular complexity index is 374. The van der Waals surface area contributed by atoms with Crippen molar-refractivity contribution < 1.29 is 55.7 Å². The molecule has 0 unspecified atom stereocenters. The van der Waals surface area contributed by atoms with Gasteiger partial charge in [0.15, 0.2) is 0 Å². The SMILES string of the molecule is CC(C)Cc1cc2ccccc2[cH-]1.[Br-].[Br-].[Ti+3]. The molecular formula is C13H15Br2Ti. The first kappa shape index (κ1) is 18.9. The molecule has 0 bridgehead atoms. The second-order valence-corrected chi connectivity index (χ2v) is 4.09. The summed E-state index contributed by atoms with van der Waals surface area (Å²) in [7, 11) is 0. The standard InChI is InChI=1S/C13H15.2BrH.Ti/c1-10(2)7-11-8-12-5-3-4-6-13(12)9-11;;;/h3-6,8-10H,7H2,1-2H3;2*1H;/q-1;;;+3/p-2. The van der Waals surface area contributed by atoms with Crippen LogP contribution in [0.2, 0.25) is 0 Å². The van der Waals surface area contributed by atoms with Gasteiger partial charge in [0.05, 0.1) is 0 Å². The van der Waals surface area contributed by atoms with Crippen molar-refractivity contribution in [3.05, 3.63) is 42.0 Å². The molecule has 0 saturated carbocycles. The third-order valence-corrected chi connectivity index (χ3v) is 2.32. The monoisotopic (exact) mass is 377 g/mol. The van der Waals surface area contributed by atoms with Crippen molar-refractivity contribution in [3.8, 4) is 0 Å². The van der Waals surface area contributed by atoms with E-state index in [-0.39, 0.29) is 55.7 Å². The summed E-state index contributed by atoms with van der Waals surface area (Å²) in [6.45, 7) is 4.52. The van der Waals surface area contributed by atoms with Gasteiger partial charge >= 0.3 is 21.7 Å². The normalized spacial score (nSPS) is 9.19. The Morgan fingerprint density at radius 1 is 1.12 bits per heavy atom. The maximum absolute atomic E-state index is 2.30. The molecule has 0 aliphatic rings. The van der Waals surface area contributed by atoms with E-state index in [4.69, 9.17) is 0 Å². The summed E-state index contributed by atoms with van der Waals surface area (Å²) < 4.78 is 0. The van der Waals surface area contributed by atoms with E-state index in [1.54, 1.807) is 0 Å². The van der Waals surface area contributed by atoms with E-state index in [0.29, 0.717) is 0 Å². The summed E-state index contributed by atoms with van der Waals surface area (Å²) in [5, 5.41) is 2.75.